The molecule has 0 radical (unpaired) electrons. The highest BCUT2D eigenvalue weighted by molar-refractivity contribution is 6.02. The second-order valence-corrected chi connectivity index (χ2v) is 7.85. The van der Waals surface area contributed by atoms with Crippen LogP contribution in [0, 0.1) is 13.8 Å². The van der Waals surface area contributed by atoms with Crippen LogP contribution in [0.3, 0.4) is 0 Å². The number of hydrogen-bond acceptors (Lipinski definition) is 4. The van der Waals surface area contributed by atoms with Gasteiger partial charge >= 0.3 is 0 Å². The highest BCUT2D eigenvalue weighted by Crippen LogP contribution is 2.15. The number of rotatable bonds is 8. The summed E-state index contributed by atoms with van der Waals surface area (Å²) in [6.07, 6.45) is 2.34. The van der Waals surface area contributed by atoms with Crippen LogP contribution in [-0.4, -0.2) is 34.2 Å². The number of benzene rings is 1. The topological polar surface area (TPSA) is 96.5 Å². The Morgan fingerprint density at radius 3 is 2.72 bits per heavy atom. The van der Waals surface area contributed by atoms with Crippen LogP contribution >= 0.6 is 0 Å². The molecule has 1 atom stereocenters. The minimum absolute atomic E-state index is 0.188. The van der Waals surface area contributed by atoms with Crippen LogP contribution in [0.25, 0.3) is 0 Å². The van der Waals surface area contributed by atoms with Crippen molar-refractivity contribution >= 4 is 17.6 Å². The monoisotopic (exact) mass is 436 g/mol. The summed E-state index contributed by atoms with van der Waals surface area (Å²) in [7, 11) is 1.97. The number of furan rings is 1. The maximum Gasteiger partial charge on any atom is 0.291 e. The molecule has 0 bridgehead atoms. The van der Waals surface area contributed by atoms with Crippen LogP contribution in [0.4, 0.5) is 5.69 Å². The second-order valence-electron chi connectivity index (χ2n) is 7.85. The van der Waals surface area contributed by atoms with Gasteiger partial charge in [0.15, 0.2) is 11.7 Å². The molecule has 0 aliphatic heterocycles. The van der Waals surface area contributed by atoms with Crippen LogP contribution in [0.1, 0.15) is 46.9 Å². The summed E-state index contributed by atoms with van der Waals surface area (Å²) in [5, 5.41) is 14.1. The molecule has 8 nitrogen and oxygen atoms in total. The Hall–Kier alpha value is -3.55. The molecule has 1 amide bonds. The number of nitrogens with zero attached hydrogens (tertiary/aromatic N) is 3. The van der Waals surface area contributed by atoms with E-state index < -0.39 is 0 Å². The Kier molecular flexibility index (Phi) is 7.70. The van der Waals surface area contributed by atoms with Crippen molar-refractivity contribution in [3.8, 4) is 0 Å². The number of amides is 1. The van der Waals surface area contributed by atoms with E-state index in [9.17, 15) is 4.79 Å². The third-order valence-electron chi connectivity index (χ3n) is 5.25. The molecule has 0 saturated carbocycles. The first-order valence-electron chi connectivity index (χ1n) is 10.8. The first-order chi connectivity index (χ1) is 15.4. The van der Waals surface area contributed by atoms with Gasteiger partial charge in [0.2, 0.25) is 0 Å². The van der Waals surface area contributed by atoms with E-state index in [0.29, 0.717) is 12.2 Å². The molecule has 2 heterocycles. The third-order valence-corrected chi connectivity index (χ3v) is 5.25. The van der Waals surface area contributed by atoms with Gasteiger partial charge in [-0.3, -0.25) is 9.48 Å². The Bertz CT molecular complexity index is 1070. The third kappa shape index (κ3) is 6.00. The molecular weight excluding hydrogens is 404 g/mol. The Morgan fingerprint density at radius 1 is 1.25 bits per heavy atom. The second kappa shape index (κ2) is 10.7. The molecule has 3 N–H and O–H groups in total. The fourth-order valence-corrected chi connectivity index (χ4v) is 3.54. The van der Waals surface area contributed by atoms with Crippen LogP contribution in [0.15, 0.2) is 52.1 Å². The number of guanidine groups is 1. The van der Waals surface area contributed by atoms with Crippen molar-refractivity contribution in [2.24, 2.45) is 12.0 Å². The van der Waals surface area contributed by atoms with E-state index in [0.717, 1.165) is 30.2 Å². The van der Waals surface area contributed by atoms with Crippen LogP contribution in [0.5, 0.6) is 0 Å². The quantitative estimate of drug-likeness (QED) is 0.371. The summed E-state index contributed by atoms with van der Waals surface area (Å²) in [6.45, 7) is 9.58. The zero-order valence-corrected chi connectivity index (χ0v) is 19.4. The van der Waals surface area contributed by atoms with E-state index in [1.54, 1.807) is 12.1 Å². The number of aliphatic imine (C=N–C) groups is 1. The summed E-state index contributed by atoms with van der Waals surface area (Å²) < 4.78 is 7.07. The van der Waals surface area contributed by atoms with Crippen molar-refractivity contribution in [3.63, 3.8) is 0 Å². The van der Waals surface area contributed by atoms with Gasteiger partial charge in [0, 0.05) is 31.0 Å². The lowest BCUT2D eigenvalue weighted by Gasteiger charge is -2.18. The van der Waals surface area contributed by atoms with Crippen molar-refractivity contribution in [2.45, 2.75) is 46.7 Å². The Labute approximate surface area is 189 Å². The lowest BCUT2D eigenvalue weighted by Crippen LogP contribution is -2.43. The Morgan fingerprint density at radius 2 is 2.06 bits per heavy atom. The van der Waals surface area contributed by atoms with E-state index in [2.05, 4.69) is 34.9 Å². The van der Waals surface area contributed by atoms with Crippen molar-refractivity contribution in [2.75, 3.05) is 11.9 Å². The zero-order chi connectivity index (χ0) is 23.1. The van der Waals surface area contributed by atoms with Crippen molar-refractivity contribution in [1.29, 1.82) is 0 Å². The number of carbonyl (C=O) groups is 1. The average molecular weight is 437 g/mol. The van der Waals surface area contributed by atoms with Crippen molar-refractivity contribution in [3.05, 3.63) is 70.9 Å². The summed E-state index contributed by atoms with van der Waals surface area (Å²) in [5.74, 6) is 0.754. The number of aromatic nitrogens is 2. The molecular formula is C24H32N6O2. The number of carbonyl (C=O) groups excluding carboxylic acids is 1. The SMILES string of the molecule is CCNC(=NCc1cccc(NC(=O)c2ccco2)c1)NC(C)Cc1c(C)nn(C)c1C. The highest BCUT2D eigenvalue weighted by atomic mass is 16.3. The van der Waals surface area contributed by atoms with Gasteiger partial charge in [-0.25, -0.2) is 4.99 Å². The molecule has 1 aromatic carbocycles. The number of aryl methyl sites for hydroxylation is 2. The molecule has 1 unspecified atom stereocenters. The van der Waals surface area contributed by atoms with Gasteiger partial charge in [-0.15, -0.1) is 0 Å². The first-order valence-corrected chi connectivity index (χ1v) is 10.8. The van der Waals surface area contributed by atoms with Gasteiger partial charge in [0.1, 0.15) is 0 Å². The molecule has 0 saturated heterocycles. The maximum absolute atomic E-state index is 12.2. The minimum atomic E-state index is -0.277. The molecule has 0 aliphatic rings. The summed E-state index contributed by atoms with van der Waals surface area (Å²) in [6, 6.07) is 11.2. The van der Waals surface area contributed by atoms with E-state index in [1.807, 2.05) is 49.8 Å². The first kappa shape index (κ1) is 23.1. The number of anilines is 1. The molecule has 8 heteroatoms. The van der Waals surface area contributed by atoms with Gasteiger partial charge in [-0.2, -0.15) is 5.10 Å². The zero-order valence-electron chi connectivity index (χ0n) is 19.4. The van der Waals surface area contributed by atoms with Crippen molar-refractivity contribution < 1.29 is 9.21 Å². The van der Waals surface area contributed by atoms with Crippen LogP contribution in [-0.2, 0) is 20.0 Å². The van der Waals surface area contributed by atoms with E-state index in [1.165, 1.54) is 17.5 Å². The fourth-order valence-electron chi connectivity index (χ4n) is 3.54. The molecule has 0 spiro atoms. The Balaban J connectivity index is 1.63. The van der Waals surface area contributed by atoms with Gasteiger partial charge in [-0.1, -0.05) is 12.1 Å². The normalized spacial score (nSPS) is 12.5. The average Bonchev–Trinajstić information content (AvgIpc) is 3.38. The molecule has 3 aromatic rings. The summed E-state index contributed by atoms with van der Waals surface area (Å²) >= 11 is 0. The molecule has 0 aliphatic carbocycles. The number of hydrogen-bond donors (Lipinski definition) is 3. The summed E-state index contributed by atoms with van der Waals surface area (Å²) in [4.78, 5) is 16.9. The van der Waals surface area contributed by atoms with Crippen LogP contribution in [0.2, 0.25) is 0 Å². The number of nitrogens with one attached hydrogen (secondary N) is 3. The highest BCUT2D eigenvalue weighted by Gasteiger charge is 2.14. The van der Waals surface area contributed by atoms with E-state index >= 15 is 0 Å². The predicted molar refractivity (Wildman–Crippen MR) is 127 cm³/mol. The lowest BCUT2D eigenvalue weighted by molar-refractivity contribution is 0.0996. The lowest BCUT2D eigenvalue weighted by atomic mass is 10.1. The van der Waals surface area contributed by atoms with Gasteiger partial charge in [0.05, 0.1) is 18.5 Å². The standard InChI is InChI=1S/C24H32N6O2/c1-6-25-24(27-16(2)13-21-17(3)29-30(5)18(21)4)26-15-19-9-7-10-20(14-19)28-23(31)22-11-8-12-32-22/h7-12,14,16H,6,13,15H2,1-5H3,(H,28,31)(H2,25,26,27). The fraction of sp³-hybridized carbons (Fsp3) is 0.375. The van der Waals surface area contributed by atoms with E-state index in [-0.39, 0.29) is 17.7 Å². The van der Waals surface area contributed by atoms with Gasteiger partial charge in [-0.05, 0) is 69.5 Å². The minimum Gasteiger partial charge on any atom is -0.459 e. The van der Waals surface area contributed by atoms with E-state index in [4.69, 9.17) is 9.41 Å². The molecule has 0 fully saturated rings. The molecule has 3 rings (SSSR count). The largest absolute Gasteiger partial charge is 0.459 e. The molecule has 170 valence electrons. The van der Waals surface area contributed by atoms with Gasteiger partial charge < -0.3 is 20.4 Å². The van der Waals surface area contributed by atoms with Gasteiger partial charge in [0.25, 0.3) is 5.91 Å². The smallest absolute Gasteiger partial charge is 0.291 e. The maximum atomic E-state index is 12.2. The molecule has 2 aromatic heterocycles. The summed E-state index contributed by atoms with van der Waals surface area (Å²) in [5.41, 5.74) is 5.21. The molecule has 32 heavy (non-hydrogen) atoms. The predicted octanol–water partition coefficient (Wildman–Crippen LogP) is 3.57. The van der Waals surface area contributed by atoms with Crippen LogP contribution < -0.4 is 16.0 Å². The van der Waals surface area contributed by atoms with Crippen molar-refractivity contribution in [1.82, 2.24) is 20.4 Å².